The van der Waals surface area contributed by atoms with Crippen LogP contribution in [0.2, 0.25) is 0 Å². The molecule has 3 N–H and O–H groups in total. The van der Waals surface area contributed by atoms with Crippen LogP contribution < -0.4 is 10.6 Å². The number of rotatable bonds is 4. The zero-order chi connectivity index (χ0) is 14.5. The molecule has 20 heavy (non-hydrogen) atoms. The molecule has 1 aliphatic rings. The summed E-state index contributed by atoms with van der Waals surface area (Å²) in [5, 5.41) is 11.9. The molecule has 2 rings (SSSR count). The van der Waals surface area contributed by atoms with E-state index in [1.807, 2.05) is 12.1 Å². The van der Waals surface area contributed by atoms with Crippen molar-refractivity contribution in [1.29, 1.82) is 0 Å². The second-order valence-corrected chi connectivity index (χ2v) is 5.54. The number of amidine groups is 1. The Hall–Kier alpha value is -1.82. The number of anilines is 1. The Bertz CT molecular complexity index is 466. The van der Waals surface area contributed by atoms with Gasteiger partial charge in [0.2, 0.25) is 0 Å². The van der Waals surface area contributed by atoms with Gasteiger partial charge in [0.1, 0.15) is 5.69 Å². The topological polar surface area (TPSA) is 78.0 Å². The predicted octanol–water partition coefficient (Wildman–Crippen LogP) is 0.954. The monoisotopic (exact) mass is 277 g/mol. The van der Waals surface area contributed by atoms with Crippen LogP contribution in [-0.2, 0) is 0 Å². The Morgan fingerprint density at radius 2 is 2.10 bits per heavy atom. The van der Waals surface area contributed by atoms with E-state index in [0.717, 1.165) is 38.4 Å². The van der Waals surface area contributed by atoms with Crippen LogP contribution in [0.4, 0.5) is 5.69 Å². The van der Waals surface area contributed by atoms with Gasteiger partial charge in [-0.25, -0.2) is 0 Å². The fraction of sp³-hybridized carbons (Fsp3) is 0.571. The quantitative estimate of drug-likeness (QED) is 0.371. The second-order valence-electron chi connectivity index (χ2n) is 5.54. The zero-order valence-corrected chi connectivity index (χ0v) is 12.2. The fourth-order valence-electron chi connectivity index (χ4n) is 2.58. The number of pyridine rings is 1. The molecule has 1 aliphatic heterocycles. The summed E-state index contributed by atoms with van der Waals surface area (Å²) in [7, 11) is 0. The molecule has 0 radical (unpaired) electrons. The molecule has 0 spiro atoms. The molecular weight excluding hydrogens is 254 g/mol. The van der Waals surface area contributed by atoms with Crippen LogP contribution in [-0.4, -0.2) is 53.7 Å². The SMILES string of the molecule is CC(C)CN1CCN(c2cccnc2/C(N)=N/O)CC1. The third-order valence-corrected chi connectivity index (χ3v) is 3.47. The largest absolute Gasteiger partial charge is 0.409 e. The van der Waals surface area contributed by atoms with Crippen LogP contribution >= 0.6 is 0 Å². The lowest BCUT2D eigenvalue weighted by Crippen LogP contribution is -2.48. The molecule has 0 saturated carbocycles. The molecule has 0 amide bonds. The van der Waals surface area contributed by atoms with Gasteiger partial charge in [0, 0.05) is 38.9 Å². The van der Waals surface area contributed by atoms with Gasteiger partial charge in [-0.3, -0.25) is 9.88 Å². The Morgan fingerprint density at radius 3 is 2.70 bits per heavy atom. The molecule has 6 nitrogen and oxygen atoms in total. The maximum absolute atomic E-state index is 8.85. The highest BCUT2D eigenvalue weighted by atomic mass is 16.4. The van der Waals surface area contributed by atoms with Crippen molar-refractivity contribution in [3.8, 4) is 0 Å². The van der Waals surface area contributed by atoms with Crippen LogP contribution in [0.25, 0.3) is 0 Å². The predicted molar refractivity (Wildman–Crippen MR) is 80.2 cm³/mol. The first kappa shape index (κ1) is 14.6. The molecule has 0 bridgehead atoms. The second kappa shape index (κ2) is 6.56. The van der Waals surface area contributed by atoms with Gasteiger partial charge in [-0.15, -0.1) is 0 Å². The molecule has 0 aliphatic carbocycles. The lowest BCUT2D eigenvalue weighted by Gasteiger charge is -2.37. The van der Waals surface area contributed by atoms with E-state index in [0.29, 0.717) is 11.6 Å². The first-order valence-corrected chi connectivity index (χ1v) is 7.02. The van der Waals surface area contributed by atoms with E-state index >= 15 is 0 Å². The van der Waals surface area contributed by atoms with Gasteiger partial charge in [0.15, 0.2) is 5.84 Å². The van der Waals surface area contributed by atoms with Crippen LogP contribution in [0.5, 0.6) is 0 Å². The van der Waals surface area contributed by atoms with Gasteiger partial charge in [0.25, 0.3) is 0 Å². The minimum absolute atomic E-state index is 0.0604. The van der Waals surface area contributed by atoms with Crippen molar-refractivity contribution in [3.05, 3.63) is 24.0 Å². The summed E-state index contributed by atoms with van der Waals surface area (Å²) < 4.78 is 0. The maximum Gasteiger partial charge on any atom is 0.190 e. The third kappa shape index (κ3) is 3.39. The van der Waals surface area contributed by atoms with Crippen LogP contribution in [0.1, 0.15) is 19.5 Å². The number of piperazine rings is 1. The molecule has 1 fully saturated rings. The Morgan fingerprint density at radius 1 is 1.40 bits per heavy atom. The Labute approximate surface area is 119 Å². The third-order valence-electron chi connectivity index (χ3n) is 3.47. The number of nitrogens with two attached hydrogens (primary N) is 1. The van der Waals surface area contributed by atoms with Crippen molar-refractivity contribution >= 4 is 11.5 Å². The molecule has 0 aromatic carbocycles. The summed E-state index contributed by atoms with van der Waals surface area (Å²) in [6, 6.07) is 3.85. The summed E-state index contributed by atoms with van der Waals surface area (Å²) >= 11 is 0. The molecule has 1 aromatic rings. The number of nitrogens with zero attached hydrogens (tertiary/aromatic N) is 4. The van der Waals surface area contributed by atoms with Gasteiger partial charge in [0.05, 0.1) is 5.69 Å². The average molecular weight is 277 g/mol. The standard InChI is InChI=1S/C14H23N5O/c1-11(2)10-18-6-8-19(9-7-18)12-4-3-5-16-13(12)14(15)17-20/h3-5,11,20H,6-10H2,1-2H3,(H2,15,17). The lowest BCUT2D eigenvalue weighted by atomic mass is 10.1. The van der Waals surface area contributed by atoms with Crippen LogP contribution in [0.3, 0.4) is 0 Å². The van der Waals surface area contributed by atoms with E-state index < -0.39 is 0 Å². The highest BCUT2D eigenvalue weighted by molar-refractivity contribution is 6.00. The molecule has 110 valence electrons. The van der Waals surface area contributed by atoms with Crippen LogP contribution in [0.15, 0.2) is 23.5 Å². The molecule has 6 heteroatoms. The highest BCUT2D eigenvalue weighted by Gasteiger charge is 2.21. The van der Waals surface area contributed by atoms with Gasteiger partial charge < -0.3 is 15.8 Å². The van der Waals surface area contributed by atoms with E-state index in [1.54, 1.807) is 6.20 Å². The number of hydrogen-bond acceptors (Lipinski definition) is 5. The molecule has 1 aromatic heterocycles. The molecule has 0 unspecified atom stereocenters. The highest BCUT2D eigenvalue weighted by Crippen LogP contribution is 2.20. The van der Waals surface area contributed by atoms with Gasteiger partial charge >= 0.3 is 0 Å². The van der Waals surface area contributed by atoms with Crippen LogP contribution in [0, 0.1) is 5.92 Å². The Balaban J connectivity index is 2.07. The number of oxime groups is 1. The van der Waals surface area contributed by atoms with E-state index in [4.69, 9.17) is 10.9 Å². The van der Waals surface area contributed by atoms with Crippen molar-refractivity contribution in [2.24, 2.45) is 16.8 Å². The fourth-order valence-corrected chi connectivity index (χ4v) is 2.58. The summed E-state index contributed by atoms with van der Waals surface area (Å²) in [6.07, 6.45) is 1.66. The van der Waals surface area contributed by atoms with Crippen molar-refractivity contribution in [2.45, 2.75) is 13.8 Å². The van der Waals surface area contributed by atoms with Gasteiger partial charge in [-0.1, -0.05) is 19.0 Å². The minimum atomic E-state index is 0.0604. The van der Waals surface area contributed by atoms with Gasteiger partial charge in [-0.05, 0) is 18.1 Å². The van der Waals surface area contributed by atoms with Gasteiger partial charge in [-0.2, -0.15) is 0 Å². The Kier molecular flexibility index (Phi) is 4.79. The first-order valence-electron chi connectivity index (χ1n) is 7.02. The summed E-state index contributed by atoms with van der Waals surface area (Å²) in [5.41, 5.74) is 7.18. The summed E-state index contributed by atoms with van der Waals surface area (Å²) in [6.45, 7) is 9.54. The van der Waals surface area contributed by atoms with E-state index in [9.17, 15) is 0 Å². The smallest absolute Gasteiger partial charge is 0.190 e. The first-order chi connectivity index (χ1) is 9.61. The van der Waals surface area contributed by atoms with Crippen molar-refractivity contribution in [3.63, 3.8) is 0 Å². The zero-order valence-electron chi connectivity index (χ0n) is 12.2. The lowest BCUT2D eigenvalue weighted by molar-refractivity contribution is 0.231. The molecule has 0 atom stereocenters. The van der Waals surface area contributed by atoms with E-state index in [-0.39, 0.29) is 5.84 Å². The minimum Gasteiger partial charge on any atom is -0.409 e. The van der Waals surface area contributed by atoms with Crippen molar-refractivity contribution in [2.75, 3.05) is 37.6 Å². The van der Waals surface area contributed by atoms with Crippen molar-refractivity contribution < 1.29 is 5.21 Å². The summed E-state index contributed by atoms with van der Waals surface area (Å²) in [5.74, 6) is 0.748. The normalized spacial score (nSPS) is 17.8. The molecule has 2 heterocycles. The summed E-state index contributed by atoms with van der Waals surface area (Å²) in [4.78, 5) is 8.94. The molecule has 1 saturated heterocycles. The average Bonchev–Trinajstić information content (AvgIpc) is 2.46. The maximum atomic E-state index is 8.85. The number of hydrogen-bond donors (Lipinski definition) is 2. The van der Waals surface area contributed by atoms with Crippen molar-refractivity contribution in [1.82, 2.24) is 9.88 Å². The molecular formula is C14H23N5O. The number of aromatic nitrogens is 1. The van der Waals surface area contributed by atoms with E-state index in [1.165, 1.54) is 0 Å². The van der Waals surface area contributed by atoms with E-state index in [2.05, 4.69) is 33.8 Å².